The molecule has 0 amide bonds. The van der Waals surface area contributed by atoms with Crippen LogP contribution in [0.3, 0.4) is 0 Å². The van der Waals surface area contributed by atoms with Gasteiger partial charge in [-0.2, -0.15) is 5.06 Å². The molecule has 0 saturated carbocycles. The summed E-state index contributed by atoms with van der Waals surface area (Å²) in [5.41, 5.74) is 0.361. The highest BCUT2D eigenvalue weighted by atomic mass is 31.2. The van der Waals surface area contributed by atoms with Gasteiger partial charge in [0.2, 0.25) is 0 Å². The third kappa shape index (κ3) is 4.09. The highest BCUT2D eigenvalue weighted by molar-refractivity contribution is 7.54. The Labute approximate surface area is 155 Å². The van der Waals surface area contributed by atoms with E-state index in [1.165, 1.54) is 22.0 Å². The second kappa shape index (κ2) is 8.12. The molecule has 0 radical (unpaired) electrons. The molecule has 0 aliphatic carbocycles. The smallest absolute Gasteiger partial charge is 0.308 e. The number of halogens is 2. The number of hydrogen-bond acceptors (Lipinski definition) is 7. The van der Waals surface area contributed by atoms with Crippen molar-refractivity contribution in [2.75, 3.05) is 20.3 Å². The molecule has 1 aromatic heterocycles. The van der Waals surface area contributed by atoms with Gasteiger partial charge in [0.05, 0.1) is 19.4 Å². The van der Waals surface area contributed by atoms with Crippen LogP contribution in [0.25, 0.3) is 11.3 Å². The van der Waals surface area contributed by atoms with Gasteiger partial charge < -0.3 is 9.05 Å². The van der Waals surface area contributed by atoms with E-state index in [0.717, 1.165) is 12.1 Å². The fourth-order valence-electron chi connectivity index (χ4n) is 2.93. The Kier molecular flexibility index (Phi) is 6.02. The minimum absolute atomic E-state index is 0.125. The van der Waals surface area contributed by atoms with E-state index in [4.69, 9.17) is 13.9 Å². The van der Waals surface area contributed by atoms with Gasteiger partial charge in [0, 0.05) is 25.1 Å². The third-order valence-electron chi connectivity index (χ3n) is 4.12. The lowest BCUT2D eigenvalue weighted by Gasteiger charge is -2.25. The summed E-state index contributed by atoms with van der Waals surface area (Å²) in [6.07, 6.45) is 1.16. The summed E-state index contributed by atoms with van der Waals surface area (Å²) in [6, 6.07) is 3.22. The monoisotopic (exact) mass is 402 g/mol. The molecule has 0 spiro atoms. The quantitative estimate of drug-likeness (QED) is 0.655. The predicted octanol–water partition coefficient (Wildman–Crippen LogP) is 3.58. The number of benzene rings is 1. The van der Waals surface area contributed by atoms with Crippen LogP contribution in [-0.2, 0) is 18.5 Å². The molecule has 1 saturated heterocycles. The molecule has 27 heavy (non-hydrogen) atoms. The average molecular weight is 402 g/mol. The molecule has 0 unspecified atom stereocenters. The van der Waals surface area contributed by atoms with Gasteiger partial charge in [-0.25, -0.2) is 13.5 Å². The summed E-state index contributed by atoms with van der Waals surface area (Å²) in [4.78, 5) is 5.71. The van der Waals surface area contributed by atoms with Gasteiger partial charge in [0.25, 0.3) is 0 Å². The normalized spacial score (nSPS) is 21.1. The SMILES string of the molecule is CCOP(=O)(OCC)[C@@H]1C[C@@H](n2cc(-c3ccc(F)cc3F)nn2)ON1C. The number of aromatic nitrogens is 3. The Hall–Kier alpha value is -1.71. The zero-order valence-corrected chi connectivity index (χ0v) is 16.1. The van der Waals surface area contributed by atoms with Gasteiger partial charge in [0.15, 0.2) is 6.23 Å². The van der Waals surface area contributed by atoms with Crippen molar-refractivity contribution in [2.45, 2.75) is 32.3 Å². The van der Waals surface area contributed by atoms with E-state index in [9.17, 15) is 13.3 Å². The second-order valence-corrected chi connectivity index (χ2v) is 8.10. The molecule has 2 atom stereocenters. The first-order chi connectivity index (χ1) is 12.9. The van der Waals surface area contributed by atoms with Gasteiger partial charge in [-0.05, 0) is 26.0 Å². The summed E-state index contributed by atoms with van der Waals surface area (Å²) in [6.45, 7) is 3.95. The summed E-state index contributed by atoms with van der Waals surface area (Å²) in [7, 11) is -1.78. The van der Waals surface area contributed by atoms with Crippen LogP contribution < -0.4 is 0 Å². The van der Waals surface area contributed by atoms with Crippen molar-refractivity contribution in [3.05, 3.63) is 36.0 Å². The van der Waals surface area contributed by atoms with Crippen LogP contribution in [0.15, 0.2) is 24.4 Å². The average Bonchev–Trinajstić information content (AvgIpc) is 3.22. The molecule has 1 aliphatic rings. The van der Waals surface area contributed by atoms with Crippen LogP contribution in [0.2, 0.25) is 0 Å². The Balaban J connectivity index is 1.81. The maximum absolute atomic E-state index is 13.9. The molecule has 8 nitrogen and oxygen atoms in total. The van der Waals surface area contributed by atoms with E-state index in [-0.39, 0.29) is 30.9 Å². The maximum Gasteiger partial charge on any atom is 0.350 e. The Morgan fingerprint density at radius 3 is 2.63 bits per heavy atom. The van der Waals surface area contributed by atoms with Crippen LogP contribution in [0.5, 0.6) is 0 Å². The van der Waals surface area contributed by atoms with Gasteiger partial charge in [0.1, 0.15) is 23.1 Å². The first kappa shape index (κ1) is 20.0. The van der Waals surface area contributed by atoms with Crippen molar-refractivity contribution < 1.29 is 27.2 Å². The number of hydrogen-bond donors (Lipinski definition) is 0. The van der Waals surface area contributed by atoms with Crippen LogP contribution >= 0.6 is 7.60 Å². The van der Waals surface area contributed by atoms with E-state index < -0.39 is 31.2 Å². The number of nitrogens with zero attached hydrogens (tertiary/aromatic N) is 4. The van der Waals surface area contributed by atoms with Crippen molar-refractivity contribution in [2.24, 2.45) is 0 Å². The van der Waals surface area contributed by atoms with Crippen molar-refractivity contribution >= 4 is 7.60 Å². The molecule has 1 fully saturated rings. The van der Waals surface area contributed by atoms with Crippen molar-refractivity contribution in [1.29, 1.82) is 0 Å². The molecule has 11 heteroatoms. The maximum atomic E-state index is 13.9. The van der Waals surface area contributed by atoms with E-state index in [2.05, 4.69) is 10.3 Å². The summed E-state index contributed by atoms with van der Waals surface area (Å²) in [5.74, 6) is -2.02. The third-order valence-corrected chi connectivity index (χ3v) is 6.62. The van der Waals surface area contributed by atoms with E-state index >= 15 is 0 Å². The number of rotatable bonds is 7. The molecule has 0 N–H and O–H groups in total. The lowest BCUT2D eigenvalue weighted by atomic mass is 10.1. The van der Waals surface area contributed by atoms with Crippen LogP contribution in [0.4, 0.5) is 8.78 Å². The molecular weight excluding hydrogens is 381 g/mol. The fraction of sp³-hybridized carbons (Fsp3) is 0.500. The molecule has 1 aliphatic heterocycles. The number of hydroxylamine groups is 2. The summed E-state index contributed by atoms with van der Waals surface area (Å²) < 4.78 is 52.2. The van der Waals surface area contributed by atoms with Crippen molar-refractivity contribution in [3.8, 4) is 11.3 Å². The zero-order chi connectivity index (χ0) is 19.6. The second-order valence-electron chi connectivity index (χ2n) is 5.91. The van der Waals surface area contributed by atoms with Crippen LogP contribution in [0, 0.1) is 11.6 Å². The van der Waals surface area contributed by atoms with Crippen molar-refractivity contribution in [1.82, 2.24) is 20.1 Å². The van der Waals surface area contributed by atoms with Crippen LogP contribution in [-0.4, -0.2) is 46.1 Å². The van der Waals surface area contributed by atoms with E-state index in [1.807, 2.05) is 0 Å². The topological polar surface area (TPSA) is 78.7 Å². The van der Waals surface area contributed by atoms with E-state index in [0.29, 0.717) is 0 Å². The Morgan fingerprint density at radius 2 is 2.00 bits per heavy atom. The van der Waals surface area contributed by atoms with Gasteiger partial charge in [-0.3, -0.25) is 9.40 Å². The van der Waals surface area contributed by atoms with Gasteiger partial charge >= 0.3 is 7.60 Å². The minimum atomic E-state index is -3.41. The Bertz CT molecular complexity index is 840. The molecular formula is C16H21F2N4O4P. The molecule has 2 heterocycles. The lowest BCUT2D eigenvalue weighted by Crippen LogP contribution is -2.25. The highest BCUT2D eigenvalue weighted by Gasteiger charge is 2.47. The van der Waals surface area contributed by atoms with E-state index in [1.54, 1.807) is 20.9 Å². The standard InChI is InChI=1S/C16H21F2N4O4P/c1-4-24-27(23,25-5-2)16-9-15(26-21(16)3)22-10-14(19-20-22)12-7-6-11(17)8-13(12)18/h6-8,10,15-16H,4-5,9H2,1-3H3/t15-,16+/m0/s1. The molecule has 0 bridgehead atoms. The summed E-state index contributed by atoms with van der Waals surface area (Å²) >= 11 is 0. The lowest BCUT2D eigenvalue weighted by molar-refractivity contribution is -0.162. The molecule has 3 rings (SSSR count). The molecule has 1 aromatic carbocycles. The molecule has 148 valence electrons. The van der Waals surface area contributed by atoms with Crippen LogP contribution in [0.1, 0.15) is 26.5 Å². The van der Waals surface area contributed by atoms with Gasteiger partial charge in [-0.1, -0.05) is 5.21 Å². The molecule has 2 aromatic rings. The highest BCUT2D eigenvalue weighted by Crippen LogP contribution is 2.58. The zero-order valence-electron chi connectivity index (χ0n) is 15.2. The first-order valence-corrected chi connectivity index (χ1v) is 10.1. The Morgan fingerprint density at radius 1 is 1.30 bits per heavy atom. The minimum Gasteiger partial charge on any atom is -0.308 e. The largest absolute Gasteiger partial charge is 0.350 e. The fourth-order valence-corrected chi connectivity index (χ4v) is 4.96. The first-order valence-electron chi connectivity index (χ1n) is 8.53. The van der Waals surface area contributed by atoms with Gasteiger partial charge in [-0.15, -0.1) is 5.10 Å². The predicted molar refractivity (Wildman–Crippen MR) is 92.5 cm³/mol. The summed E-state index contributed by atoms with van der Waals surface area (Å²) in [5, 5.41) is 9.32. The van der Waals surface area contributed by atoms with Crippen molar-refractivity contribution in [3.63, 3.8) is 0 Å².